The van der Waals surface area contributed by atoms with Crippen molar-refractivity contribution in [3.63, 3.8) is 0 Å². The van der Waals surface area contributed by atoms with Gasteiger partial charge in [0.1, 0.15) is 36.6 Å². The lowest BCUT2D eigenvalue weighted by Gasteiger charge is -2.25. The second kappa shape index (κ2) is 12.4. The molecule has 2 fully saturated rings. The Hall–Kier alpha value is -0.360. The third kappa shape index (κ3) is 6.32. The Kier molecular flexibility index (Phi) is 10.6. The van der Waals surface area contributed by atoms with Crippen LogP contribution >= 0.6 is 0 Å². The molecule has 0 aliphatic carbocycles. The molecule has 2 rings (SSSR count). The Bertz CT molecular complexity index is 424. The predicted octanol–water partition coefficient (Wildman–Crippen LogP) is -0.0801. The van der Waals surface area contributed by atoms with Crippen LogP contribution in [-0.4, -0.2) is 96.6 Å². The first-order valence-corrected chi connectivity index (χ1v) is 10.2. The molecule has 0 spiro atoms. The second-order valence-electron chi connectivity index (χ2n) is 7.43. The van der Waals surface area contributed by atoms with Crippen molar-refractivity contribution in [2.45, 2.75) is 94.7 Å². The third-order valence-electron chi connectivity index (χ3n) is 5.19. The number of aliphatic hydroxyl groups excluding tert-OH is 4. The topological polar surface area (TPSA) is 127 Å². The van der Waals surface area contributed by atoms with Crippen molar-refractivity contribution >= 4 is 0 Å². The van der Waals surface area contributed by atoms with Crippen LogP contribution < -0.4 is 0 Å². The summed E-state index contributed by atoms with van der Waals surface area (Å²) in [5.41, 5.74) is 0. The molecule has 28 heavy (non-hydrogen) atoms. The van der Waals surface area contributed by atoms with Crippen molar-refractivity contribution < 1.29 is 44.1 Å². The number of unbranched alkanes of at least 4 members (excludes halogenated alkanes) is 5. The summed E-state index contributed by atoms with van der Waals surface area (Å²) in [6, 6.07) is 0. The van der Waals surface area contributed by atoms with Crippen LogP contribution in [0.4, 0.5) is 0 Å². The van der Waals surface area contributed by atoms with Gasteiger partial charge in [-0.2, -0.15) is 0 Å². The lowest BCUT2D eigenvalue weighted by molar-refractivity contribution is -0.216. The molecule has 4 N–H and O–H groups in total. The second-order valence-corrected chi connectivity index (χ2v) is 7.43. The monoisotopic (exact) mass is 408 g/mol. The van der Waals surface area contributed by atoms with Gasteiger partial charge in [0, 0.05) is 13.7 Å². The number of methoxy groups -OCH3 is 1. The molecule has 0 amide bonds. The molecule has 9 nitrogen and oxygen atoms in total. The Morgan fingerprint density at radius 2 is 1.50 bits per heavy atom. The van der Waals surface area contributed by atoms with Gasteiger partial charge in [0.05, 0.1) is 13.2 Å². The van der Waals surface area contributed by atoms with Crippen LogP contribution in [0.1, 0.15) is 45.4 Å². The minimum absolute atomic E-state index is 0.0925. The smallest absolute Gasteiger partial charge is 0.187 e. The van der Waals surface area contributed by atoms with Gasteiger partial charge in [0.25, 0.3) is 0 Å². The molecular formula is C19H36O9. The zero-order valence-corrected chi connectivity index (χ0v) is 16.8. The van der Waals surface area contributed by atoms with E-state index < -0.39 is 49.2 Å². The Balaban J connectivity index is 1.79. The molecule has 0 aromatic carbocycles. The van der Waals surface area contributed by atoms with E-state index in [9.17, 15) is 20.4 Å². The van der Waals surface area contributed by atoms with Crippen LogP contribution in [0.3, 0.4) is 0 Å². The first kappa shape index (κ1) is 23.9. The van der Waals surface area contributed by atoms with E-state index >= 15 is 0 Å². The zero-order valence-electron chi connectivity index (χ0n) is 16.8. The van der Waals surface area contributed by atoms with Crippen molar-refractivity contribution in [2.24, 2.45) is 0 Å². The van der Waals surface area contributed by atoms with Gasteiger partial charge in [-0.3, -0.25) is 0 Å². The van der Waals surface area contributed by atoms with Crippen molar-refractivity contribution in [2.75, 3.05) is 26.9 Å². The summed E-state index contributed by atoms with van der Waals surface area (Å²) in [7, 11) is 1.46. The SMILES string of the molecule is CCCCCCCCO[C@H]1O[C@H](CO)[C@@H](O[C@H]2O[C@H](COC)[C@@H](O)[C@@H]2O)[C@@H]1O. The summed E-state index contributed by atoms with van der Waals surface area (Å²) in [5, 5.41) is 40.1. The molecule has 166 valence electrons. The maximum Gasteiger partial charge on any atom is 0.187 e. The lowest BCUT2D eigenvalue weighted by Crippen LogP contribution is -2.43. The van der Waals surface area contributed by atoms with Crippen LogP contribution in [0.15, 0.2) is 0 Å². The van der Waals surface area contributed by atoms with E-state index in [0.29, 0.717) is 6.61 Å². The van der Waals surface area contributed by atoms with Gasteiger partial charge < -0.3 is 44.1 Å². The van der Waals surface area contributed by atoms with Gasteiger partial charge in [0.15, 0.2) is 12.6 Å². The molecule has 0 unspecified atom stereocenters. The minimum atomic E-state index is -1.30. The molecule has 0 radical (unpaired) electrons. The van der Waals surface area contributed by atoms with Crippen LogP contribution in [0, 0.1) is 0 Å². The van der Waals surface area contributed by atoms with Gasteiger partial charge in [-0.25, -0.2) is 0 Å². The summed E-state index contributed by atoms with van der Waals surface area (Å²) in [4.78, 5) is 0. The summed E-state index contributed by atoms with van der Waals surface area (Å²) >= 11 is 0. The van der Waals surface area contributed by atoms with Crippen LogP contribution in [0.5, 0.6) is 0 Å². The molecule has 2 aliphatic rings. The average Bonchev–Trinajstić information content (AvgIpc) is 3.13. The van der Waals surface area contributed by atoms with Gasteiger partial charge in [-0.15, -0.1) is 0 Å². The molecule has 9 heteroatoms. The largest absolute Gasteiger partial charge is 0.394 e. The predicted molar refractivity (Wildman–Crippen MR) is 98.5 cm³/mol. The van der Waals surface area contributed by atoms with Gasteiger partial charge >= 0.3 is 0 Å². The molecule has 0 aromatic rings. The maximum atomic E-state index is 10.5. The highest BCUT2D eigenvalue weighted by atomic mass is 16.8. The highest BCUT2D eigenvalue weighted by Gasteiger charge is 2.50. The standard InChI is InChI=1S/C19H36O9/c1-3-4-5-6-7-8-9-25-18-16(23)17(12(10-20)26-18)28-19-15(22)14(21)13(27-19)11-24-2/h12-23H,3-11H2,1-2H3/t12-,13-,14-,15+,16+,17-,18+,19-/m1/s1. The minimum Gasteiger partial charge on any atom is -0.394 e. The van der Waals surface area contributed by atoms with Crippen LogP contribution in [0.25, 0.3) is 0 Å². The highest BCUT2D eigenvalue weighted by molar-refractivity contribution is 4.92. The van der Waals surface area contributed by atoms with Crippen molar-refractivity contribution in [1.82, 2.24) is 0 Å². The number of hydrogen-bond donors (Lipinski definition) is 4. The van der Waals surface area contributed by atoms with E-state index in [2.05, 4.69) is 6.92 Å². The van der Waals surface area contributed by atoms with E-state index in [1.807, 2.05) is 0 Å². The fourth-order valence-corrected chi connectivity index (χ4v) is 3.52. The summed E-state index contributed by atoms with van der Waals surface area (Å²) in [5.74, 6) is 0. The Morgan fingerprint density at radius 1 is 0.821 bits per heavy atom. The molecule has 2 saturated heterocycles. The normalized spacial score (nSPS) is 38.4. The third-order valence-corrected chi connectivity index (χ3v) is 5.19. The summed E-state index contributed by atoms with van der Waals surface area (Å²) in [6.45, 7) is 2.32. The summed E-state index contributed by atoms with van der Waals surface area (Å²) in [6.07, 6.45) is -1.50. The van der Waals surface area contributed by atoms with Crippen LogP contribution in [-0.2, 0) is 23.7 Å². The first-order valence-electron chi connectivity index (χ1n) is 10.2. The number of ether oxygens (including phenoxy) is 5. The number of hydrogen-bond acceptors (Lipinski definition) is 9. The molecule has 0 bridgehead atoms. The maximum absolute atomic E-state index is 10.5. The molecule has 0 aromatic heterocycles. The lowest BCUT2D eigenvalue weighted by atomic mass is 10.1. The zero-order chi connectivity index (χ0) is 20.5. The molecule has 2 aliphatic heterocycles. The number of rotatable bonds is 13. The Morgan fingerprint density at radius 3 is 2.18 bits per heavy atom. The van der Waals surface area contributed by atoms with E-state index in [-0.39, 0.29) is 13.2 Å². The fourth-order valence-electron chi connectivity index (χ4n) is 3.52. The van der Waals surface area contributed by atoms with Crippen molar-refractivity contribution in [3.8, 4) is 0 Å². The average molecular weight is 408 g/mol. The molecular weight excluding hydrogens is 372 g/mol. The van der Waals surface area contributed by atoms with E-state index in [4.69, 9.17) is 23.7 Å². The molecule has 2 heterocycles. The van der Waals surface area contributed by atoms with Crippen molar-refractivity contribution in [1.29, 1.82) is 0 Å². The van der Waals surface area contributed by atoms with Gasteiger partial charge in [-0.1, -0.05) is 39.0 Å². The summed E-state index contributed by atoms with van der Waals surface area (Å²) < 4.78 is 27.2. The van der Waals surface area contributed by atoms with Gasteiger partial charge in [0.2, 0.25) is 0 Å². The van der Waals surface area contributed by atoms with Crippen molar-refractivity contribution in [3.05, 3.63) is 0 Å². The highest BCUT2D eigenvalue weighted by Crippen LogP contribution is 2.30. The van der Waals surface area contributed by atoms with E-state index in [1.54, 1.807) is 0 Å². The molecule has 8 atom stereocenters. The van der Waals surface area contributed by atoms with E-state index in [1.165, 1.54) is 26.4 Å². The Labute approximate surface area is 166 Å². The fraction of sp³-hybridized carbons (Fsp3) is 1.00. The van der Waals surface area contributed by atoms with Gasteiger partial charge in [-0.05, 0) is 6.42 Å². The van der Waals surface area contributed by atoms with E-state index in [0.717, 1.165) is 19.3 Å². The molecule has 0 saturated carbocycles. The van der Waals surface area contributed by atoms with Crippen LogP contribution in [0.2, 0.25) is 0 Å². The first-order chi connectivity index (χ1) is 13.5. The number of aliphatic hydroxyl groups is 4. The quantitative estimate of drug-likeness (QED) is 0.309.